The van der Waals surface area contributed by atoms with Crippen LogP contribution in [0.5, 0.6) is 11.5 Å². The average Bonchev–Trinajstić information content (AvgIpc) is 3.15. The maximum atomic E-state index is 12.2. The lowest BCUT2D eigenvalue weighted by molar-refractivity contribution is -0.116. The first-order chi connectivity index (χ1) is 12.7. The molecule has 3 aromatic rings. The Kier molecular flexibility index (Phi) is 5.86. The van der Waals surface area contributed by atoms with Gasteiger partial charge in [-0.1, -0.05) is 18.2 Å². The monoisotopic (exact) mass is 368 g/mol. The molecule has 0 spiro atoms. The lowest BCUT2D eigenvalue weighted by atomic mass is 10.2. The van der Waals surface area contributed by atoms with Crippen molar-refractivity contribution in [3.8, 4) is 22.1 Å². The van der Waals surface area contributed by atoms with Gasteiger partial charge in [0.15, 0.2) is 0 Å². The molecule has 0 bridgehead atoms. The summed E-state index contributed by atoms with van der Waals surface area (Å²) >= 11 is 1.55. The van der Waals surface area contributed by atoms with Crippen molar-refractivity contribution in [1.29, 1.82) is 0 Å². The molecular formula is C20H20N2O3S. The summed E-state index contributed by atoms with van der Waals surface area (Å²) in [6.07, 6.45) is 0.952. The van der Waals surface area contributed by atoms with Gasteiger partial charge in [-0.15, -0.1) is 11.3 Å². The number of nitrogens with zero attached hydrogens (tertiary/aromatic N) is 1. The number of para-hydroxylation sites is 1. The lowest BCUT2D eigenvalue weighted by Crippen LogP contribution is -2.12. The molecule has 1 aromatic heterocycles. The van der Waals surface area contributed by atoms with Crippen LogP contribution in [0.25, 0.3) is 10.6 Å². The molecule has 6 heteroatoms. The van der Waals surface area contributed by atoms with E-state index in [2.05, 4.69) is 10.3 Å². The van der Waals surface area contributed by atoms with Crippen molar-refractivity contribution in [2.45, 2.75) is 12.8 Å². The van der Waals surface area contributed by atoms with E-state index in [0.29, 0.717) is 18.6 Å². The van der Waals surface area contributed by atoms with Crippen molar-refractivity contribution in [1.82, 2.24) is 4.98 Å². The van der Waals surface area contributed by atoms with Crippen molar-refractivity contribution in [2.24, 2.45) is 0 Å². The zero-order valence-electron chi connectivity index (χ0n) is 14.7. The van der Waals surface area contributed by atoms with Crippen molar-refractivity contribution in [3.05, 3.63) is 59.6 Å². The van der Waals surface area contributed by atoms with E-state index < -0.39 is 0 Å². The lowest BCUT2D eigenvalue weighted by Gasteiger charge is -2.06. The number of thiazole rings is 1. The Labute approximate surface area is 156 Å². The zero-order valence-corrected chi connectivity index (χ0v) is 15.5. The summed E-state index contributed by atoms with van der Waals surface area (Å²) in [6, 6.07) is 15.1. The molecule has 0 aliphatic rings. The minimum absolute atomic E-state index is 0.0508. The van der Waals surface area contributed by atoms with Crippen molar-refractivity contribution in [3.63, 3.8) is 0 Å². The highest BCUT2D eigenvalue weighted by Crippen LogP contribution is 2.32. The second-order valence-electron chi connectivity index (χ2n) is 5.62. The van der Waals surface area contributed by atoms with Crippen LogP contribution in [0.4, 0.5) is 5.69 Å². The molecule has 0 fully saturated rings. The largest absolute Gasteiger partial charge is 0.497 e. The minimum atomic E-state index is -0.0508. The van der Waals surface area contributed by atoms with E-state index in [1.54, 1.807) is 31.6 Å². The van der Waals surface area contributed by atoms with Crippen LogP contribution in [0.3, 0.4) is 0 Å². The first kappa shape index (κ1) is 17.9. The van der Waals surface area contributed by atoms with Crippen molar-refractivity contribution < 1.29 is 14.3 Å². The number of hydrogen-bond donors (Lipinski definition) is 1. The van der Waals surface area contributed by atoms with Gasteiger partial charge in [-0.2, -0.15) is 0 Å². The third kappa shape index (κ3) is 4.40. The van der Waals surface area contributed by atoms with Crippen molar-refractivity contribution in [2.75, 3.05) is 19.5 Å². The molecule has 1 amide bonds. The normalized spacial score (nSPS) is 10.4. The second kappa shape index (κ2) is 8.49. The van der Waals surface area contributed by atoms with E-state index in [0.717, 1.165) is 27.7 Å². The third-order valence-electron chi connectivity index (χ3n) is 3.85. The van der Waals surface area contributed by atoms with Crippen LogP contribution in [0, 0.1) is 0 Å². The van der Waals surface area contributed by atoms with Crippen LogP contribution in [-0.2, 0) is 11.2 Å². The van der Waals surface area contributed by atoms with E-state index in [-0.39, 0.29) is 5.91 Å². The summed E-state index contributed by atoms with van der Waals surface area (Å²) in [6.45, 7) is 0. The van der Waals surface area contributed by atoms with Gasteiger partial charge in [-0.05, 0) is 30.7 Å². The molecule has 0 atom stereocenters. The van der Waals surface area contributed by atoms with E-state index in [4.69, 9.17) is 9.47 Å². The van der Waals surface area contributed by atoms with Gasteiger partial charge in [0.1, 0.15) is 16.5 Å². The van der Waals surface area contributed by atoms with Gasteiger partial charge in [-0.25, -0.2) is 4.98 Å². The second-order valence-corrected chi connectivity index (χ2v) is 6.48. The van der Waals surface area contributed by atoms with Gasteiger partial charge in [-0.3, -0.25) is 4.79 Å². The van der Waals surface area contributed by atoms with E-state index in [1.165, 1.54) is 0 Å². The fourth-order valence-corrected chi connectivity index (χ4v) is 3.42. The molecule has 0 aliphatic carbocycles. The zero-order chi connectivity index (χ0) is 18.4. The van der Waals surface area contributed by atoms with Gasteiger partial charge >= 0.3 is 0 Å². The highest BCUT2D eigenvalue weighted by Gasteiger charge is 2.11. The Balaban J connectivity index is 1.60. The number of carbonyl (C=O) groups excluding carboxylic acids is 1. The number of ether oxygens (including phenoxy) is 2. The van der Waals surface area contributed by atoms with E-state index in [1.807, 2.05) is 47.8 Å². The summed E-state index contributed by atoms with van der Waals surface area (Å²) < 4.78 is 10.5. The summed E-state index contributed by atoms with van der Waals surface area (Å²) in [7, 11) is 3.25. The third-order valence-corrected chi connectivity index (χ3v) is 4.78. The summed E-state index contributed by atoms with van der Waals surface area (Å²) in [5.74, 6) is 1.46. The van der Waals surface area contributed by atoms with E-state index >= 15 is 0 Å². The van der Waals surface area contributed by atoms with Crippen LogP contribution < -0.4 is 14.8 Å². The van der Waals surface area contributed by atoms with Gasteiger partial charge in [0, 0.05) is 23.6 Å². The van der Waals surface area contributed by atoms with E-state index in [9.17, 15) is 4.79 Å². The van der Waals surface area contributed by atoms with Gasteiger partial charge < -0.3 is 14.8 Å². The molecule has 3 rings (SSSR count). The Morgan fingerprint density at radius 3 is 2.77 bits per heavy atom. The van der Waals surface area contributed by atoms with Gasteiger partial charge in [0.25, 0.3) is 0 Å². The molecule has 5 nitrogen and oxygen atoms in total. The van der Waals surface area contributed by atoms with Crippen LogP contribution in [0.15, 0.2) is 53.9 Å². The smallest absolute Gasteiger partial charge is 0.224 e. The van der Waals surface area contributed by atoms with Crippen LogP contribution in [-0.4, -0.2) is 25.1 Å². The molecule has 0 saturated heterocycles. The summed E-state index contributed by atoms with van der Waals surface area (Å²) in [4.78, 5) is 16.8. The van der Waals surface area contributed by atoms with Crippen LogP contribution in [0.2, 0.25) is 0 Å². The van der Waals surface area contributed by atoms with Crippen molar-refractivity contribution >= 4 is 22.9 Å². The molecule has 2 aromatic carbocycles. The summed E-state index contributed by atoms with van der Waals surface area (Å²) in [5, 5.41) is 5.76. The first-order valence-electron chi connectivity index (χ1n) is 8.21. The number of rotatable bonds is 7. The predicted octanol–water partition coefficient (Wildman–Crippen LogP) is 4.40. The van der Waals surface area contributed by atoms with Crippen LogP contribution >= 0.6 is 11.3 Å². The number of methoxy groups -OCH3 is 2. The molecule has 0 aliphatic heterocycles. The Morgan fingerprint density at radius 1 is 1.12 bits per heavy atom. The fraction of sp³-hybridized carbons (Fsp3) is 0.200. The number of carbonyl (C=O) groups is 1. The topological polar surface area (TPSA) is 60.5 Å². The highest BCUT2D eigenvalue weighted by molar-refractivity contribution is 7.13. The van der Waals surface area contributed by atoms with Gasteiger partial charge in [0.2, 0.25) is 5.91 Å². The summed E-state index contributed by atoms with van der Waals surface area (Å²) in [5.41, 5.74) is 2.59. The maximum Gasteiger partial charge on any atom is 0.224 e. The predicted molar refractivity (Wildman–Crippen MR) is 104 cm³/mol. The molecule has 0 radical (unpaired) electrons. The Bertz CT molecular complexity index is 892. The molecule has 1 heterocycles. The molecule has 0 unspecified atom stereocenters. The number of nitrogens with one attached hydrogen (secondary N) is 1. The van der Waals surface area contributed by atoms with Crippen LogP contribution in [0.1, 0.15) is 12.1 Å². The Morgan fingerprint density at radius 2 is 1.96 bits per heavy atom. The number of benzene rings is 2. The number of aryl methyl sites for hydroxylation is 1. The number of amides is 1. The maximum absolute atomic E-state index is 12.2. The first-order valence-corrected chi connectivity index (χ1v) is 9.09. The standard InChI is InChI=1S/C20H20N2O3S/c1-24-16-7-5-6-14(12-16)21-19(23)11-10-15-13-26-20(22-15)17-8-3-4-9-18(17)25-2/h3-9,12-13H,10-11H2,1-2H3,(H,21,23). The molecule has 0 saturated carbocycles. The molecular weight excluding hydrogens is 348 g/mol. The number of anilines is 1. The highest BCUT2D eigenvalue weighted by atomic mass is 32.1. The molecule has 26 heavy (non-hydrogen) atoms. The molecule has 134 valence electrons. The molecule has 1 N–H and O–H groups in total. The number of hydrogen-bond acceptors (Lipinski definition) is 5. The quantitative estimate of drug-likeness (QED) is 0.671. The number of aromatic nitrogens is 1. The SMILES string of the molecule is COc1cccc(NC(=O)CCc2csc(-c3ccccc3OC)n2)c1. The van der Waals surface area contributed by atoms with Gasteiger partial charge in [0.05, 0.1) is 25.5 Å². The average molecular weight is 368 g/mol. The minimum Gasteiger partial charge on any atom is -0.497 e. The fourth-order valence-electron chi connectivity index (χ4n) is 2.53. The Hall–Kier alpha value is -2.86.